The Morgan fingerprint density at radius 1 is 1.00 bits per heavy atom. The Labute approximate surface area is 193 Å². The number of benzene rings is 2. The number of anilines is 2. The zero-order valence-electron chi connectivity index (χ0n) is 18.3. The minimum Gasteiger partial charge on any atom is -0.357 e. The highest BCUT2D eigenvalue weighted by Gasteiger charge is 2.10. The van der Waals surface area contributed by atoms with Crippen LogP contribution in [-0.4, -0.2) is 29.0 Å². The highest BCUT2D eigenvalue weighted by atomic mass is 35.5. The van der Waals surface area contributed by atoms with Crippen LogP contribution in [-0.2, 0) is 5.75 Å². The van der Waals surface area contributed by atoms with Crippen molar-refractivity contribution in [2.45, 2.75) is 38.6 Å². The standard InChI is InChI=1S/C24H27ClN4OS/c1-5-29(6-2)22-14-21(25)27-24(28-22)31-15-18-8-10-19(11-9-18)23(30)26-20-12-7-16(3)17(4)13-20/h7-14H,5-6,15H2,1-4H3,(H,26,30). The van der Waals surface area contributed by atoms with Gasteiger partial charge in [0.2, 0.25) is 0 Å². The summed E-state index contributed by atoms with van der Waals surface area (Å²) in [7, 11) is 0. The zero-order chi connectivity index (χ0) is 22.4. The van der Waals surface area contributed by atoms with Crippen molar-refractivity contribution in [1.82, 2.24) is 9.97 Å². The van der Waals surface area contributed by atoms with E-state index >= 15 is 0 Å². The Hall–Kier alpha value is -2.57. The number of nitrogens with one attached hydrogen (secondary N) is 1. The van der Waals surface area contributed by atoms with Crippen LogP contribution in [0.15, 0.2) is 53.7 Å². The number of rotatable bonds is 8. The van der Waals surface area contributed by atoms with E-state index in [1.54, 1.807) is 6.07 Å². The van der Waals surface area contributed by atoms with E-state index in [-0.39, 0.29) is 5.91 Å². The average Bonchev–Trinajstić information content (AvgIpc) is 2.76. The first-order valence-corrected chi connectivity index (χ1v) is 11.7. The van der Waals surface area contributed by atoms with Gasteiger partial charge >= 0.3 is 0 Å². The second-order valence-corrected chi connectivity index (χ2v) is 8.57. The number of aromatic nitrogens is 2. The van der Waals surface area contributed by atoms with E-state index in [4.69, 9.17) is 11.6 Å². The van der Waals surface area contributed by atoms with Crippen LogP contribution in [0.1, 0.15) is 40.9 Å². The molecule has 1 heterocycles. The topological polar surface area (TPSA) is 58.1 Å². The van der Waals surface area contributed by atoms with Gasteiger partial charge in [0.25, 0.3) is 5.91 Å². The van der Waals surface area contributed by atoms with Gasteiger partial charge in [-0.25, -0.2) is 9.97 Å². The molecule has 5 nitrogen and oxygen atoms in total. The summed E-state index contributed by atoms with van der Waals surface area (Å²) in [5.74, 6) is 1.41. The van der Waals surface area contributed by atoms with Crippen LogP contribution < -0.4 is 10.2 Å². The van der Waals surface area contributed by atoms with Crippen LogP contribution in [0.3, 0.4) is 0 Å². The van der Waals surface area contributed by atoms with Crippen LogP contribution in [0, 0.1) is 13.8 Å². The summed E-state index contributed by atoms with van der Waals surface area (Å²) in [6.45, 7) is 9.98. The molecule has 3 rings (SSSR count). The summed E-state index contributed by atoms with van der Waals surface area (Å²) in [6, 6.07) is 15.3. The lowest BCUT2D eigenvalue weighted by molar-refractivity contribution is 0.102. The first-order chi connectivity index (χ1) is 14.9. The van der Waals surface area contributed by atoms with Gasteiger partial charge in [0, 0.05) is 36.2 Å². The maximum atomic E-state index is 12.5. The summed E-state index contributed by atoms with van der Waals surface area (Å²) in [4.78, 5) is 23.6. The Morgan fingerprint density at radius 3 is 2.35 bits per heavy atom. The number of carbonyl (C=O) groups excluding carboxylic acids is 1. The minimum atomic E-state index is -0.121. The molecule has 7 heteroatoms. The highest BCUT2D eigenvalue weighted by molar-refractivity contribution is 7.98. The smallest absolute Gasteiger partial charge is 0.255 e. The van der Waals surface area contributed by atoms with Gasteiger partial charge in [0.15, 0.2) is 5.16 Å². The van der Waals surface area contributed by atoms with Crippen molar-refractivity contribution >= 4 is 40.8 Å². The van der Waals surface area contributed by atoms with Gasteiger partial charge in [-0.05, 0) is 68.7 Å². The first kappa shape index (κ1) is 23.1. The van der Waals surface area contributed by atoms with Crippen molar-refractivity contribution in [2.24, 2.45) is 0 Å². The number of aryl methyl sites for hydroxylation is 2. The molecule has 2 aromatic carbocycles. The van der Waals surface area contributed by atoms with E-state index in [1.807, 2.05) is 49.4 Å². The molecule has 3 aromatic rings. The minimum absolute atomic E-state index is 0.121. The van der Waals surface area contributed by atoms with E-state index in [9.17, 15) is 4.79 Å². The lowest BCUT2D eigenvalue weighted by Gasteiger charge is -2.20. The van der Waals surface area contributed by atoms with Crippen LogP contribution >= 0.6 is 23.4 Å². The second-order valence-electron chi connectivity index (χ2n) is 7.24. The molecule has 162 valence electrons. The van der Waals surface area contributed by atoms with E-state index < -0.39 is 0 Å². The molecule has 0 radical (unpaired) electrons. The summed E-state index contributed by atoms with van der Waals surface area (Å²) < 4.78 is 0. The third kappa shape index (κ3) is 6.21. The molecule has 0 aliphatic carbocycles. The zero-order valence-corrected chi connectivity index (χ0v) is 19.8. The SMILES string of the molecule is CCN(CC)c1cc(Cl)nc(SCc2ccc(C(=O)Nc3ccc(C)c(C)c3)cc2)n1. The van der Waals surface area contributed by atoms with Gasteiger partial charge in [-0.15, -0.1) is 0 Å². The monoisotopic (exact) mass is 454 g/mol. The largest absolute Gasteiger partial charge is 0.357 e. The molecule has 31 heavy (non-hydrogen) atoms. The van der Waals surface area contributed by atoms with Crippen molar-refractivity contribution in [3.8, 4) is 0 Å². The molecule has 0 saturated heterocycles. The van der Waals surface area contributed by atoms with Crippen LogP contribution in [0.25, 0.3) is 0 Å². The molecule has 0 aliphatic rings. The Balaban J connectivity index is 1.63. The Kier molecular flexibility index (Phi) is 7.93. The molecule has 1 aromatic heterocycles. The van der Waals surface area contributed by atoms with Crippen molar-refractivity contribution in [3.63, 3.8) is 0 Å². The molecule has 0 aliphatic heterocycles. The number of amides is 1. The van der Waals surface area contributed by atoms with Crippen molar-refractivity contribution in [2.75, 3.05) is 23.3 Å². The van der Waals surface area contributed by atoms with E-state index in [1.165, 1.54) is 17.3 Å². The molecule has 0 bridgehead atoms. The molecule has 0 spiro atoms. The summed E-state index contributed by atoms with van der Waals surface area (Å²) >= 11 is 7.72. The number of hydrogen-bond acceptors (Lipinski definition) is 5. The normalized spacial score (nSPS) is 10.7. The van der Waals surface area contributed by atoms with Gasteiger partial charge in [-0.3, -0.25) is 4.79 Å². The number of nitrogens with zero attached hydrogens (tertiary/aromatic N) is 3. The lowest BCUT2D eigenvalue weighted by Crippen LogP contribution is -2.23. The van der Waals surface area contributed by atoms with Gasteiger partial charge in [0.1, 0.15) is 11.0 Å². The van der Waals surface area contributed by atoms with Crippen molar-refractivity contribution < 1.29 is 4.79 Å². The van der Waals surface area contributed by atoms with Crippen molar-refractivity contribution in [3.05, 3.63) is 75.9 Å². The van der Waals surface area contributed by atoms with Crippen LogP contribution in [0.2, 0.25) is 5.15 Å². The van der Waals surface area contributed by atoms with E-state index in [0.29, 0.717) is 21.6 Å². The van der Waals surface area contributed by atoms with Gasteiger partial charge in [0.05, 0.1) is 0 Å². The maximum Gasteiger partial charge on any atom is 0.255 e. The Morgan fingerprint density at radius 2 is 1.71 bits per heavy atom. The third-order valence-electron chi connectivity index (χ3n) is 5.10. The predicted octanol–water partition coefficient (Wildman–Crippen LogP) is 6.14. The molecule has 0 fully saturated rings. The molecule has 0 saturated carbocycles. The fourth-order valence-corrected chi connectivity index (χ4v) is 4.12. The lowest BCUT2D eigenvalue weighted by atomic mass is 10.1. The Bertz CT molecular complexity index is 1050. The summed E-state index contributed by atoms with van der Waals surface area (Å²) in [5, 5.41) is 4.04. The fraction of sp³-hybridized carbons (Fsp3) is 0.292. The number of halogens is 1. The quantitative estimate of drug-likeness (QED) is 0.252. The van der Waals surface area contributed by atoms with E-state index in [0.717, 1.165) is 35.7 Å². The summed E-state index contributed by atoms with van der Waals surface area (Å²) in [6.07, 6.45) is 0. The molecular weight excluding hydrogens is 428 g/mol. The predicted molar refractivity (Wildman–Crippen MR) is 130 cm³/mol. The van der Waals surface area contributed by atoms with E-state index in [2.05, 4.69) is 41.0 Å². The van der Waals surface area contributed by atoms with Crippen LogP contribution in [0.4, 0.5) is 11.5 Å². The second kappa shape index (κ2) is 10.6. The van der Waals surface area contributed by atoms with Crippen LogP contribution in [0.5, 0.6) is 0 Å². The fourth-order valence-electron chi connectivity index (χ4n) is 3.08. The molecule has 1 N–H and O–H groups in total. The number of carbonyl (C=O) groups is 1. The van der Waals surface area contributed by atoms with Crippen molar-refractivity contribution in [1.29, 1.82) is 0 Å². The van der Waals surface area contributed by atoms with Gasteiger partial charge in [-0.2, -0.15) is 0 Å². The molecular formula is C24H27ClN4OS. The third-order valence-corrected chi connectivity index (χ3v) is 6.21. The molecule has 0 unspecified atom stereocenters. The average molecular weight is 455 g/mol. The number of thioether (sulfide) groups is 1. The van der Waals surface area contributed by atoms with Gasteiger partial charge < -0.3 is 10.2 Å². The highest BCUT2D eigenvalue weighted by Crippen LogP contribution is 2.25. The first-order valence-electron chi connectivity index (χ1n) is 10.3. The molecule has 1 amide bonds. The molecule has 0 atom stereocenters. The van der Waals surface area contributed by atoms with Gasteiger partial charge in [-0.1, -0.05) is 41.6 Å². The maximum absolute atomic E-state index is 12.5. The summed E-state index contributed by atoms with van der Waals surface area (Å²) in [5.41, 5.74) is 4.86. The number of hydrogen-bond donors (Lipinski definition) is 1.